The highest BCUT2D eigenvalue weighted by Crippen LogP contribution is 2.22. The number of amides is 1. The average molecular weight is 357 g/mol. The van der Waals surface area contributed by atoms with Gasteiger partial charge in [0.25, 0.3) is 0 Å². The summed E-state index contributed by atoms with van der Waals surface area (Å²) in [7, 11) is 1.58. The van der Waals surface area contributed by atoms with Crippen LogP contribution in [0.3, 0.4) is 0 Å². The van der Waals surface area contributed by atoms with Crippen molar-refractivity contribution in [2.75, 3.05) is 11.9 Å². The standard InChI is InChI=1S/C17H23N7O2/c1-7-11-10(2)18-8-12-13(11)22-14(21-12)24-15(19-9-20-24)23(6)16(25)26-17(3,4)5/h8-9H,7H2,1-6H3,(H,21,22). The minimum Gasteiger partial charge on any atom is -0.443 e. The van der Waals surface area contributed by atoms with Crippen LogP contribution >= 0.6 is 0 Å². The smallest absolute Gasteiger partial charge is 0.416 e. The van der Waals surface area contributed by atoms with E-state index in [1.54, 1.807) is 13.2 Å². The van der Waals surface area contributed by atoms with Gasteiger partial charge in [0.05, 0.1) is 17.2 Å². The predicted molar refractivity (Wildman–Crippen MR) is 97.6 cm³/mol. The van der Waals surface area contributed by atoms with Gasteiger partial charge in [-0.05, 0) is 34.1 Å². The van der Waals surface area contributed by atoms with Gasteiger partial charge >= 0.3 is 6.09 Å². The molecule has 0 bridgehead atoms. The van der Waals surface area contributed by atoms with E-state index >= 15 is 0 Å². The Bertz CT molecular complexity index is 952. The first-order valence-corrected chi connectivity index (χ1v) is 8.42. The number of nitrogens with zero attached hydrogens (tertiary/aromatic N) is 6. The van der Waals surface area contributed by atoms with Crippen LogP contribution in [-0.4, -0.2) is 48.5 Å². The molecule has 0 atom stereocenters. The van der Waals surface area contributed by atoms with E-state index in [0.717, 1.165) is 28.7 Å². The van der Waals surface area contributed by atoms with E-state index in [2.05, 4.69) is 32.0 Å². The molecule has 138 valence electrons. The Morgan fingerprint density at radius 1 is 1.35 bits per heavy atom. The predicted octanol–water partition coefficient (Wildman–Crippen LogP) is 2.78. The molecule has 0 unspecified atom stereocenters. The molecule has 0 saturated carbocycles. The summed E-state index contributed by atoms with van der Waals surface area (Å²) in [6.07, 6.45) is 3.42. The van der Waals surface area contributed by atoms with Gasteiger partial charge in [0.2, 0.25) is 11.9 Å². The van der Waals surface area contributed by atoms with Gasteiger partial charge in [0.15, 0.2) is 0 Å². The molecule has 9 heteroatoms. The Morgan fingerprint density at radius 2 is 2.08 bits per heavy atom. The van der Waals surface area contributed by atoms with E-state index < -0.39 is 11.7 Å². The number of nitrogens with one attached hydrogen (secondary N) is 1. The van der Waals surface area contributed by atoms with Crippen molar-refractivity contribution in [3.05, 3.63) is 23.8 Å². The molecular weight excluding hydrogens is 334 g/mol. The molecule has 1 amide bonds. The maximum atomic E-state index is 12.3. The monoisotopic (exact) mass is 357 g/mol. The molecule has 0 aliphatic carbocycles. The number of carbonyl (C=O) groups excluding carboxylic acids is 1. The van der Waals surface area contributed by atoms with Gasteiger partial charge in [0, 0.05) is 18.3 Å². The normalized spacial score (nSPS) is 11.8. The van der Waals surface area contributed by atoms with Crippen LogP contribution < -0.4 is 4.90 Å². The summed E-state index contributed by atoms with van der Waals surface area (Å²) in [6, 6.07) is 0. The lowest BCUT2D eigenvalue weighted by Crippen LogP contribution is -2.35. The lowest BCUT2D eigenvalue weighted by atomic mass is 10.1. The lowest BCUT2D eigenvalue weighted by Gasteiger charge is -2.23. The van der Waals surface area contributed by atoms with Crippen LogP contribution in [0.2, 0.25) is 0 Å². The number of anilines is 1. The molecule has 3 rings (SSSR count). The van der Waals surface area contributed by atoms with Crippen molar-refractivity contribution in [1.29, 1.82) is 0 Å². The molecule has 3 aromatic rings. The van der Waals surface area contributed by atoms with Gasteiger partial charge < -0.3 is 9.72 Å². The molecule has 0 aromatic carbocycles. The Morgan fingerprint density at radius 3 is 2.73 bits per heavy atom. The van der Waals surface area contributed by atoms with Crippen molar-refractivity contribution in [3.63, 3.8) is 0 Å². The second kappa shape index (κ2) is 6.40. The number of rotatable bonds is 3. The molecule has 26 heavy (non-hydrogen) atoms. The van der Waals surface area contributed by atoms with Crippen LogP contribution in [0.5, 0.6) is 0 Å². The number of aromatic nitrogens is 6. The molecule has 0 saturated heterocycles. The van der Waals surface area contributed by atoms with Crippen LogP contribution in [0.15, 0.2) is 12.5 Å². The van der Waals surface area contributed by atoms with E-state index in [1.807, 2.05) is 27.7 Å². The van der Waals surface area contributed by atoms with Crippen molar-refractivity contribution in [3.8, 4) is 5.95 Å². The first-order valence-electron chi connectivity index (χ1n) is 8.42. The molecule has 3 aromatic heterocycles. The minimum absolute atomic E-state index is 0.307. The molecule has 0 spiro atoms. The molecular formula is C17H23N7O2. The van der Waals surface area contributed by atoms with Crippen molar-refractivity contribution in [2.24, 2.45) is 0 Å². The van der Waals surface area contributed by atoms with Crippen molar-refractivity contribution in [2.45, 2.75) is 46.6 Å². The third-order valence-electron chi connectivity index (χ3n) is 3.88. The van der Waals surface area contributed by atoms with Crippen LogP contribution in [0.1, 0.15) is 39.0 Å². The topological polar surface area (TPSA) is 102 Å². The summed E-state index contributed by atoms with van der Waals surface area (Å²) < 4.78 is 6.86. The van der Waals surface area contributed by atoms with Crippen molar-refractivity contribution >= 4 is 23.1 Å². The molecule has 0 fully saturated rings. The molecule has 0 aliphatic rings. The van der Waals surface area contributed by atoms with E-state index in [0.29, 0.717) is 11.9 Å². The first kappa shape index (κ1) is 17.8. The van der Waals surface area contributed by atoms with Crippen LogP contribution in [0.25, 0.3) is 17.0 Å². The second-order valence-electron chi connectivity index (χ2n) is 7.01. The third-order valence-corrected chi connectivity index (χ3v) is 3.88. The number of imidazole rings is 1. The highest BCUT2D eigenvalue weighted by atomic mass is 16.6. The fourth-order valence-corrected chi connectivity index (χ4v) is 2.66. The van der Waals surface area contributed by atoms with Gasteiger partial charge in [-0.1, -0.05) is 6.92 Å². The second-order valence-corrected chi connectivity index (χ2v) is 7.01. The zero-order valence-corrected chi connectivity index (χ0v) is 15.9. The van der Waals surface area contributed by atoms with Gasteiger partial charge in [0.1, 0.15) is 11.9 Å². The lowest BCUT2D eigenvalue weighted by molar-refractivity contribution is 0.0586. The highest BCUT2D eigenvalue weighted by molar-refractivity contribution is 5.85. The summed E-state index contributed by atoms with van der Waals surface area (Å²) in [6.45, 7) is 9.46. The maximum absolute atomic E-state index is 12.3. The number of ether oxygens (including phenoxy) is 1. The fourth-order valence-electron chi connectivity index (χ4n) is 2.66. The number of aromatic amines is 1. The van der Waals surface area contributed by atoms with E-state index in [4.69, 9.17) is 4.74 Å². The zero-order chi connectivity index (χ0) is 19.1. The fraction of sp³-hybridized carbons (Fsp3) is 0.471. The number of hydrogen-bond acceptors (Lipinski definition) is 6. The minimum atomic E-state index is -0.602. The number of pyridine rings is 1. The summed E-state index contributed by atoms with van der Waals surface area (Å²) in [4.78, 5) is 30.1. The van der Waals surface area contributed by atoms with Gasteiger partial charge in [-0.15, -0.1) is 0 Å². The summed E-state index contributed by atoms with van der Waals surface area (Å²) >= 11 is 0. The number of aryl methyl sites for hydroxylation is 2. The number of H-pyrrole nitrogens is 1. The van der Waals surface area contributed by atoms with Crippen LogP contribution in [0.4, 0.5) is 10.7 Å². The molecule has 9 nitrogen and oxygen atoms in total. The van der Waals surface area contributed by atoms with Crippen molar-refractivity contribution < 1.29 is 9.53 Å². The van der Waals surface area contributed by atoms with E-state index in [1.165, 1.54) is 15.9 Å². The molecule has 3 heterocycles. The van der Waals surface area contributed by atoms with Gasteiger partial charge in [-0.25, -0.2) is 14.7 Å². The van der Waals surface area contributed by atoms with E-state index in [-0.39, 0.29) is 0 Å². The molecule has 1 N–H and O–H groups in total. The average Bonchev–Trinajstić information content (AvgIpc) is 3.18. The Balaban J connectivity index is 2.01. The largest absolute Gasteiger partial charge is 0.443 e. The summed E-state index contributed by atoms with van der Waals surface area (Å²) in [5.41, 5.74) is 3.07. The quantitative estimate of drug-likeness (QED) is 0.773. The van der Waals surface area contributed by atoms with Gasteiger partial charge in [-0.2, -0.15) is 14.8 Å². The summed E-state index contributed by atoms with van der Waals surface area (Å²) in [5.74, 6) is 0.769. The highest BCUT2D eigenvalue weighted by Gasteiger charge is 2.25. The van der Waals surface area contributed by atoms with Crippen molar-refractivity contribution in [1.82, 2.24) is 29.7 Å². The Labute approximate surface area is 151 Å². The Kier molecular flexibility index (Phi) is 4.39. The number of fused-ring (bicyclic) bond motifs is 1. The van der Waals surface area contributed by atoms with Gasteiger partial charge in [-0.3, -0.25) is 4.98 Å². The molecule has 0 radical (unpaired) electrons. The van der Waals surface area contributed by atoms with E-state index in [9.17, 15) is 4.79 Å². The SMILES string of the molecule is CCc1c(C)ncc2[nH]c(-n3ncnc3N(C)C(=O)OC(C)(C)C)nc12. The third kappa shape index (κ3) is 3.24. The number of hydrogen-bond donors (Lipinski definition) is 1. The molecule has 0 aliphatic heterocycles. The number of carbonyl (C=O) groups is 1. The maximum Gasteiger partial charge on any atom is 0.416 e. The Hall–Kier alpha value is -2.97. The first-order chi connectivity index (χ1) is 12.2. The van der Waals surface area contributed by atoms with Crippen LogP contribution in [0, 0.1) is 6.92 Å². The van der Waals surface area contributed by atoms with Crippen LogP contribution in [-0.2, 0) is 11.2 Å². The zero-order valence-electron chi connectivity index (χ0n) is 15.9. The summed E-state index contributed by atoms with van der Waals surface area (Å²) in [5, 5.41) is 4.20.